The van der Waals surface area contributed by atoms with Crippen molar-refractivity contribution in [1.82, 2.24) is 4.90 Å². The second kappa shape index (κ2) is 4.96. The quantitative estimate of drug-likeness (QED) is 0.865. The van der Waals surface area contributed by atoms with Crippen molar-refractivity contribution in [3.05, 3.63) is 35.9 Å². The second-order valence-electron chi connectivity index (χ2n) is 7.38. The molecule has 2 fully saturated rings. The number of rotatable bonds is 1. The van der Waals surface area contributed by atoms with Gasteiger partial charge in [-0.3, -0.25) is 0 Å². The van der Waals surface area contributed by atoms with Crippen LogP contribution in [0.15, 0.2) is 30.3 Å². The molecular weight excluding hydrogens is 282 g/mol. The van der Waals surface area contributed by atoms with Gasteiger partial charge in [0.05, 0.1) is 19.7 Å². The van der Waals surface area contributed by atoms with Crippen LogP contribution in [0.25, 0.3) is 0 Å². The molecule has 1 N–H and O–H groups in total. The predicted octanol–water partition coefficient (Wildman–Crippen LogP) is 2.28. The summed E-state index contributed by atoms with van der Waals surface area (Å²) in [7, 11) is 0. The first-order valence-corrected chi connectivity index (χ1v) is 7.61. The van der Waals surface area contributed by atoms with E-state index in [-0.39, 0.29) is 12.7 Å². The first-order valence-electron chi connectivity index (χ1n) is 7.61. The van der Waals surface area contributed by atoms with E-state index in [1.807, 2.05) is 51.1 Å². The highest BCUT2D eigenvalue weighted by Gasteiger charge is 2.57. The molecule has 1 amide bonds. The Bertz CT molecular complexity index is 560. The molecule has 2 aliphatic heterocycles. The van der Waals surface area contributed by atoms with Crippen molar-refractivity contribution in [1.29, 1.82) is 0 Å². The van der Waals surface area contributed by atoms with Gasteiger partial charge in [0.1, 0.15) is 16.8 Å². The lowest BCUT2D eigenvalue weighted by molar-refractivity contribution is -0.109. The fraction of sp³-hybridized carbons (Fsp3) is 0.588. The van der Waals surface area contributed by atoms with Crippen molar-refractivity contribution in [2.24, 2.45) is 0 Å². The van der Waals surface area contributed by atoms with Gasteiger partial charge in [-0.1, -0.05) is 30.3 Å². The topological polar surface area (TPSA) is 59.0 Å². The Morgan fingerprint density at radius 3 is 2.50 bits per heavy atom. The third kappa shape index (κ3) is 2.83. The summed E-state index contributed by atoms with van der Waals surface area (Å²) in [6.07, 6.45) is 0.181. The summed E-state index contributed by atoms with van der Waals surface area (Å²) in [4.78, 5) is 13.6. The number of aliphatic hydroxyl groups is 1. The Morgan fingerprint density at radius 1 is 1.27 bits per heavy atom. The largest absolute Gasteiger partial charge is 0.444 e. The number of hydrogen-bond acceptors (Lipinski definition) is 4. The second-order valence-corrected chi connectivity index (χ2v) is 7.38. The zero-order valence-electron chi connectivity index (χ0n) is 13.3. The summed E-state index contributed by atoms with van der Waals surface area (Å²) in [6, 6.07) is 9.56. The number of benzene rings is 1. The van der Waals surface area contributed by atoms with E-state index in [0.717, 1.165) is 5.56 Å². The highest BCUT2D eigenvalue weighted by atomic mass is 16.6. The van der Waals surface area contributed by atoms with Crippen LogP contribution in [-0.4, -0.2) is 47.0 Å². The Morgan fingerprint density at radius 2 is 1.91 bits per heavy atom. The van der Waals surface area contributed by atoms with Gasteiger partial charge in [0.25, 0.3) is 0 Å². The lowest BCUT2D eigenvalue weighted by Gasteiger charge is -2.47. The highest BCUT2D eigenvalue weighted by molar-refractivity contribution is 5.69. The van der Waals surface area contributed by atoms with Gasteiger partial charge in [-0.2, -0.15) is 0 Å². The lowest BCUT2D eigenvalue weighted by Crippen LogP contribution is -2.64. The van der Waals surface area contributed by atoms with Crippen molar-refractivity contribution in [2.75, 3.05) is 19.7 Å². The number of carbonyl (C=O) groups is 1. The molecule has 5 heteroatoms. The maximum Gasteiger partial charge on any atom is 0.410 e. The first kappa shape index (κ1) is 15.3. The van der Waals surface area contributed by atoms with Crippen LogP contribution >= 0.6 is 0 Å². The van der Waals surface area contributed by atoms with Crippen LogP contribution in [0.5, 0.6) is 0 Å². The normalized spacial score (nSPS) is 26.8. The van der Waals surface area contributed by atoms with E-state index < -0.39 is 16.8 Å². The number of amides is 1. The molecular formula is C17H23NO4. The predicted molar refractivity (Wildman–Crippen MR) is 81.4 cm³/mol. The molecule has 1 unspecified atom stereocenters. The lowest BCUT2D eigenvalue weighted by atomic mass is 9.82. The molecule has 0 aromatic heterocycles. The monoisotopic (exact) mass is 305 g/mol. The zero-order chi connectivity index (χ0) is 16.0. The van der Waals surface area contributed by atoms with Crippen molar-refractivity contribution >= 4 is 6.09 Å². The summed E-state index contributed by atoms with van der Waals surface area (Å²) in [5.74, 6) is 0. The van der Waals surface area contributed by atoms with E-state index in [9.17, 15) is 9.90 Å². The summed E-state index contributed by atoms with van der Waals surface area (Å²) < 4.78 is 11.2. The Labute approximate surface area is 130 Å². The van der Waals surface area contributed by atoms with Gasteiger partial charge in [-0.25, -0.2) is 4.79 Å². The Balaban J connectivity index is 1.62. The van der Waals surface area contributed by atoms with Gasteiger partial charge < -0.3 is 19.5 Å². The number of carbonyl (C=O) groups excluding carboxylic acids is 1. The Kier molecular flexibility index (Phi) is 3.45. The van der Waals surface area contributed by atoms with Gasteiger partial charge in [0.2, 0.25) is 0 Å². The van der Waals surface area contributed by atoms with Crippen LogP contribution in [0.3, 0.4) is 0 Å². The number of hydrogen-bond donors (Lipinski definition) is 1. The fourth-order valence-corrected chi connectivity index (χ4v) is 3.15. The van der Waals surface area contributed by atoms with Crippen LogP contribution in [0, 0.1) is 0 Å². The van der Waals surface area contributed by atoms with Crippen LogP contribution in [0.1, 0.15) is 32.8 Å². The minimum Gasteiger partial charge on any atom is -0.444 e. The van der Waals surface area contributed by atoms with E-state index in [1.165, 1.54) is 0 Å². The van der Waals surface area contributed by atoms with E-state index in [2.05, 4.69) is 0 Å². The molecule has 120 valence electrons. The molecule has 3 rings (SSSR count). The van der Waals surface area contributed by atoms with Crippen molar-refractivity contribution in [2.45, 2.75) is 44.0 Å². The molecule has 2 saturated heterocycles. The van der Waals surface area contributed by atoms with Crippen LogP contribution in [0.4, 0.5) is 4.79 Å². The van der Waals surface area contributed by atoms with E-state index >= 15 is 0 Å². The van der Waals surface area contributed by atoms with E-state index in [4.69, 9.17) is 9.47 Å². The smallest absolute Gasteiger partial charge is 0.410 e. The van der Waals surface area contributed by atoms with Gasteiger partial charge >= 0.3 is 6.09 Å². The van der Waals surface area contributed by atoms with Crippen molar-refractivity contribution in [3.8, 4) is 0 Å². The molecule has 2 aliphatic rings. The molecule has 1 aromatic rings. The third-order valence-corrected chi connectivity index (χ3v) is 4.15. The average Bonchev–Trinajstić information content (AvgIpc) is 2.76. The first-order chi connectivity index (χ1) is 10.2. The SMILES string of the molecule is CC(C)(C)OC(=O)N1CC2(C1)CC(O)(c1ccccc1)CO2. The van der Waals surface area contributed by atoms with Crippen molar-refractivity contribution < 1.29 is 19.4 Å². The molecule has 1 spiro atoms. The number of likely N-dealkylation sites (tertiary alicyclic amines) is 1. The minimum atomic E-state index is -0.971. The highest BCUT2D eigenvalue weighted by Crippen LogP contribution is 2.44. The molecule has 0 radical (unpaired) electrons. The van der Waals surface area contributed by atoms with Gasteiger partial charge in [-0.15, -0.1) is 0 Å². The molecule has 0 saturated carbocycles. The minimum absolute atomic E-state index is 0.263. The molecule has 0 bridgehead atoms. The molecule has 1 atom stereocenters. The summed E-state index contributed by atoms with van der Waals surface area (Å²) in [6.45, 7) is 6.75. The molecule has 2 heterocycles. The summed E-state index contributed by atoms with van der Waals surface area (Å²) >= 11 is 0. The maximum atomic E-state index is 12.0. The zero-order valence-corrected chi connectivity index (χ0v) is 13.3. The van der Waals surface area contributed by atoms with Crippen LogP contribution in [-0.2, 0) is 15.1 Å². The Hall–Kier alpha value is -1.59. The van der Waals surface area contributed by atoms with E-state index in [1.54, 1.807) is 4.90 Å². The van der Waals surface area contributed by atoms with E-state index in [0.29, 0.717) is 19.5 Å². The summed E-state index contributed by atoms with van der Waals surface area (Å²) in [5.41, 5.74) is -1.05. The molecule has 1 aromatic carbocycles. The van der Waals surface area contributed by atoms with Crippen molar-refractivity contribution in [3.63, 3.8) is 0 Å². The summed E-state index contributed by atoms with van der Waals surface area (Å²) in [5, 5.41) is 10.8. The van der Waals surface area contributed by atoms with Crippen LogP contribution in [0.2, 0.25) is 0 Å². The standard InChI is InChI=1S/C17H23NO4/c1-15(2,3)22-14(19)18-10-16(11-18)9-17(20,12-21-16)13-7-5-4-6-8-13/h4-8,20H,9-12H2,1-3H3. The average molecular weight is 305 g/mol. The fourth-order valence-electron chi connectivity index (χ4n) is 3.15. The molecule has 0 aliphatic carbocycles. The number of ether oxygens (including phenoxy) is 2. The molecule has 5 nitrogen and oxygen atoms in total. The van der Waals surface area contributed by atoms with Crippen LogP contribution < -0.4 is 0 Å². The third-order valence-electron chi connectivity index (χ3n) is 4.15. The molecule has 22 heavy (non-hydrogen) atoms. The van der Waals surface area contributed by atoms with Gasteiger partial charge in [-0.05, 0) is 26.3 Å². The number of nitrogens with zero attached hydrogens (tertiary/aromatic N) is 1. The van der Waals surface area contributed by atoms with Gasteiger partial charge in [0.15, 0.2) is 0 Å². The van der Waals surface area contributed by atoms with Gasteiger partial charge in [0, 0.05) is 6.42 Å². The maximum absolute atomic E-state index is 12.0.